The van der Waals surface area contributed by atoms with E-state index in [0.29, 0.717) is 13.1 Å². The fourth-order valence-electron chi connectivity index (χ4n) is 1.97. The number of nitrogens with one attached hydrogen (secondary N) is 1. The number of likely N-dealkylation sites (N-methyl/N-ethyl adjacent to an activating group) is 1. The number of benzene rings is 1. The lowest BCUT2D eigenvalue weighted by atomic mass is 10.1. The number of carbonyl (C=O) groups excluding carboxylic acids is 1. The molecule has 21 heavy (non-hydrogen) atoms. The number of nitro benzene ring substituents is 1. The van der Waals surface area contributed by atoms with Gasteiger partial charge >= 0.3 is 0 Å². The summed E-state index contributed by atoms with van der Waals surface area (Å²) in [5, 5.41) is 13.2. The summed E-state index contributed by atoms with van der Waals surface area (Å²) in [6, 6.07) is 2.92. The van der Waals surface area contributed by atoms with Gasteiger partial charge in [0.2, 0.25) is 0 Å². The Morgan fingerprint density at radius 1 is 1.38 bits per heavy atom. The van der Waals surface area contributed by atoms with Crippen LogP contribution >= 0.6 is 0 Å². The average Bonchev–Trinajstić information content (AvgIpc) is 2.46. The summed E-state index contributed by atoms with van der Waals surface area (Å²) < 4.78 is 13.6. The third kappa shape index (κ3) is 5.11. The maximum atomic E-state index is 13.6. The van der Waals surface area contributed by atoms with Crippen LogP contribution in [0.1, 0.15) is 30.6 Å². The highest BCUT2D eigenvalue weighted by Crippen LogP contribution is 2.16. The van der Waals surface area contributed by atoms with Crippen LogP contribution in [0, 0.1) is 15.9 Å². The Kier molecular flexibility index (Phi) is 6.74. The van der Waals surface area contributed by atoms with Crippen LogP contribution < -0.4 is 5.32 Å². The Hall–Kier alpha value is -2.02. The molecule has 0 radical (unpaired) electrons. The molecule has 0 bridgehead atoms. The van der Waals surface area contributed by atoms with E-state index in [1.54, 1.807) is 0 Å². The quantitative estimate of drug-likeness (QED) is 0.589. The van der Waals surface area contributed by atoms with Crippen molar-refractivity contribution < 1.29 is 14.1 Å². The highest BCUT2D eigenvalue weighted by atomic mass is 19.1. The lowest BCUT2D eigenvalue weighted by Crippen LogP contribution is -2.35. The van der Waals surface area contributed by atoms with Crippen molar-refractivity contribution >= 4 is 11.6 Å². The van der Waals surface area contributed by atoms with E-state index in [1.807, 2.05) is 6.92 Å². The van der Waals surface area contributed by atoms with Crippen LogP contribution in [0.15, 0.2) is 18.2 Å². The van der Waals surface area contributed by atoms with Gasteiger partial charge in [-0.3, -0.25) is 14.9 Å². The largest absolute Gasteiger partial charge is 0.351 e. The Bertz CT molecular complexity index is 508. The van der Waals surface area contributed by atoms with E-state index in [0.717, 1.165) is 37.7 Å². The molecule has 1 N–H and O–H groups in total. The van der Waals surface area contributed by atoms with Gasteiger partial charge in [-0.05, 0) is 25.6 Å². The third-order valence-corrected chi connectivity index (χ3v) is 3.11. The predicted molar refractivity (Wildman–Crippen MR) is 77.8 cm³/mol. The standard InChI is InChI=1S/C14H20FN3O3/c1-3-8-17(4-2)9-7-16-14(19)12-10-11(18(20)21)5-6-13(12)15/h5-6,10H,3-4,7-9H2,1-2H3,(H,16,19). The van der Waals surface area contributed by atoms with Gasteiger partial charge in [-0.1, -0.05) is 13.8 Å². The number of hydrogen-bond acceptors (Lipinski definition) is 4. The number of nitro groups is 1. The lowest BCUT2D eigenvalue weighted by molar-refractivity contribution is -0.384. The van der Waals surface area contributed by atoms with Crippen molar-refractivity contribution in [2.45, 2.75) is 20.3 Å². The average molecular weight is 297 g/mol. The smallest absolute Gasteiger partial charge is 0.270 e. The summed E-state index contributed by atoms with van der Waals surface area (Å²) in [6.45, 7) is 6.92. The van der Waals surface area contributed by atoms with Gasteiger partial charge in [-0.25, -0.2) is 4.39 Å². The molecule has 0 fully saturated rings. The number of hydrogen-bond donors (Lipinski definition) is 1. The zero-order valence-corrected chi connectivity index (χ0v) is 12.3. The number of nitrogens with zero attached hydrogens (tertiary/aromatic N) is 2. The summed E-state index contributed by atoms with van der Waals surface area (Å²) >= 11 is 0. The molecule has 1 aromatic carbocycles. The van der Waals surface area contributed by atoms with E-state index in [1.165, 1.54) is 0 Å². The minimum atomic E-state index is -0.765. The monoisotopic (exact) mass is 297 g/mol. The lowest BCUT2D eigenvalue weighted by Gasteiger charge is -2.19. The Morgan fingerprint density at radius 3 is 2.67 bits per heavy atom. The van der Waals surface area contributed by atoms with Crippen molar-refractivity contribution in [3.63, 3.8) is 0 Å². The SMILES string of the molecule is CCCN(CC)CCNC(=O)c1cc([N+](=O)[O-])ccc1F. The zero-order chi connectivity index (χ0) is 15.8. The zero-order valence-electron chi connectivity index (χ0n) is 12.3. The Morgan fingerprint density at radius 2 is 2.10 bits per heavy atom. The van der Waals surface area contributed by atoms with E-state index < -0.39 is 16.6 Å². The molecule has 0 aromatic heterocycles. The van der Waals surface area contributed by atoms with Crippen molar-refractivity contribution in [2.75, 3.05) is 26.2 Å². The topological polar surface area (TPSA) is 75.5 Å². The van der Waals surface area contributed by atoms with Gasteiger partial charge in [0.1, 0.15) is 5.82 Å². The molecule has 0 aliphatic rings. The minimum absolute atomic E-state index is 0.303. The van der Waals surface area contributed by atoms with Crippen LogP contribution in [0.5, 0.6) is 0 Å². The number of halogens is 1. The second kappa shape index (κ2) is 8.31. The highest BCUT2D eigenvalue weighted by molar-refractivity contribution is 5.95. The van der Waals surface area contributed by atoms with Crippen molar-refractivity contribution in [3.05, 3.63) is 39.7 Å². The molecule has 0 saturated heterocycles. The number of rotatable bonds is 8. The van der Waals surface area contributed by atoms with E-state index >= 15 is 0 Å². The molecule has 7 heteroatoms. The minimum Gasteiger partial charge on any atom is -0.351 e. The van der Waals surface area contributed by atoms with Crippen LogP contribution in [-0.2, 0) is 0 Å². The van der Waals surface area contributed by atoms with Crippen LogP contribution in [0.4, 0.5) is 10.1 Å². The Balaban J connectivity index is 2.63. The molecule has 0 saturated carbocycles. The van der Waals surface area contributed by atoms with Gasteiger partial charge < -0.3 is 10.2 Å². The van der Waals surface area contributed by atoms with E-state index in [-0.39, 0.29) is 11.3 Å². The van der Waals surface area contributed by atoms with Gasteiger partial charge in [0, 0.05) is 25.2 Å². The predicted octanol–water partition coefficient (Wildman–Crippen LogP) is 2.20. The van der Waals surface area contributed by atoms with Crippen LogP contribution in [0.3, 0.4) is 0 Å². The summed E-state index contributed by atoms with van der Waals surface area (Å²) in [7, 11) is 0. The first-order valence-corrected chi connectivity index (χ1v) is 6.94. The molecule has 1 rings (SSSR count). The molecule has 0 atom stereocenters. The van der Waals surface area contributed by atoms with Gasteiger partial charge in [0.25, 0.3) is 11.6 Å². The second-order valence-corrected chi connectivity index (χ2v) is 4.61. The fraction of sp³-hybridized carbons (Fsp3) is 0.500. The summed E-state index contributed by atoms with van der Waals surface area (Å²) in [4.78, 5) is 24.0. The van der Waals surface area contributed by atoms with Crippen molar-refractivity contribution in [1.29, 1.82) is 0 Å². The maximum Gasteiger partial charge on any atom is 0.270 e. The first-order chi connectivity index (χ1) is 9.99. The molecular formula is C14H20FN3O3. The Labute approximate surface area is 123 Å². The van der Waals surface area contributed by atoms with Gasteiger partial charge in [0.05, 0.1) is 10.5 Å². The number of amides is 1. The summed E-state index contributed by atoms with van der Waals surface area (Å²) in [5.74, 6) is -1.40. The molecule has 0 spiro atoms. The number of carbonyl (C=O) groups is 1. The molecule has 0 heterocycles. The fourth-order valence-corrected chi connectivity index (χ4v) is 1.97. The van der Waals surface area contributed by atoms with E-state index in [2.05, 4.69) is 17.1 Å². The summed E-state index contributed by atoms with van der Waals surface area (Å²) in [5.41, 5.74) is -0.606. The van der Waals surface area contributed by atoms with Crippen molar-refractivity contribution in [3.8, 4) is 0 Å². The molecule has 0 aliphatic heterocycles. The van der Waals surface area contributed by atoms with Crippen LogP contribution in [-0.4, -0.2) is 41.9 Å². The van der Waals surface area contributed by atoms with Crippen molar-refractivity contribution in [2.24, 2.45) is 0 Å². The van der Waals surface area contributed by atoms with E-state index in [4.69, 9.17) is 0 Å². The molecule has 1 aromatic rings. The molecule has 116 valence electrons. The van der Waals surface area contributed by atoms with E-state index in [9.17, 15) is 19.3 Å². The van der Waals surface area contributed by atoms with Crippen molar-refractivity contribution in [1.82, 2.24) is 10.2 Å². The summed E-state index contributed by atoms with van der Waals surface area (Å²) in [6.07, 6.45) is 1.02. The molecule has 0 unspecified atom stereocenters. The normalized spacial score (nSPS) is 10.7. The first-order valence-electron chi connectivity index (χ1n) is 6.94. The maximum absolute atomic E-state index is 13.6. The molecule has 6 nitrogen and oxygen atoms in total. The molecule has 0 aliphatic carbocycles. The first kappa shape index (κ1) is 17.0. The van der Waals surface area contributed by atoms with Crippen LogP contribution in [0.2, 0.25) is 0 Å². The third-order valence-electron chi connectivity index (χ3n) is 3.11. The van der Waals surface area contributed by atoms with Gasteiger partial charge in [-0.2, -0.15) is 0 Å². The van der Waals surface area contributed by atoms with Crippen LogP contribution in [0.25, 0.3) is 0 Å². The number of non-ortho nitro benzene ring substituents is 1. The molecule has 1 amide bonds. The van der Waals surface area contributed by atoms with Gasteiger partial charge in [-0.15, -0.1) is 0 Å². The molecular weight excluding hydrogens is 277 g/mol. The second-order valence-electron chi connectivity index (χ2n) is 4.61. The highest BCUT2D eigenvalue weighted by Gasteiger charge is 2.16. The van der Waals surface area contributed by atoms with Gasteiger partial charge in [0.15, 0.2) is 0 Å².